The number of hydrogen-bond donors (Lipinski definition) is 0. The van der Waals surface area contributed by atoms with Gasteiger partial charge in [-0.25, -0.2) is 0 Å². The molecule has 3 nitrogen and oxygen atoms in total. The molecule has 0 N–H and O–H groups in total. The zero-order chi connectivity index (χ0) is 14.0. The van der Waals surface area contributed by atoms with Crippen LogP contribution in [0, 0.1) is 3.57 Å². The van der Waals surface area contributed by atoms with E-state index in [1.54, 1.807) is 0 Å². The highest BCUT2D eigenvalue weighted by atomic mass is 127. The molecule has 1 aliphatic heterocycles. The summed E-state index contributed by atoms with van der Waals surface area (Å²) in [6, 6.07) is 7.69. The number of morpholine rings is 1. The molecule has 1 fully saturated rings. The smallest absolute Gasteiger partial charge is 0.254 e. The van der Waals surface area contributed by atoms with Crippen molar-refractivity contribution < 1.29 is 9.53 Å². The van der Waals surface area contributed by atoms with E-state index in [4.69, 9.17) is 4.74 Å². The lowest BCUT2D eigenvalue weighted by molar-refractivity contribution is -0.116. The molecule has 1 aromatic carbocycles. The molecule has 1 aliphatic rings. The van der Waals surface area contributed by atoms with E-state index in [1.165, 1.54) is 0 Å². The van der Waals surface area contributed by atoms with Gasteiger partial charge >= 0.3 is 0 Å². The molecular weight excluding hydrogens is 421 g/mol. The number of benzene rings is 1. The van der Waals surface area contributed by atoms with Crippen LogP contribution < -0.4 is 0 Å². The minimum absolute atomic E-state index is 0.0524. The molecule has 0 spiro atoms. The van der Waals surface area contributed by atoms with E-state index in [2.05, 4.69) is 38.5 Å². The number of nitrogens with zero attached hydrogens (tertiary/aromatic N) is 1. The maximum absolute atomic E-state index is 12.5. The molecule has 0 saturated carbocycles. The molecule has 1 atom stereocenters. The second-order valence-corrected chi connectivity index (χ2v) is 7.24. The highest BCUT2D eigenvalue weighted by molar-refractivity contribution is 14.1. The van der Waals surface area contributed by atoms with Gasteiger partial charge in [-0.1, -0.05) is 15.9 Å². The third-order valence-corrected chi connectivity index (χ3v) is 4.47. The predicted octanol–water partition coefficient (Wildman–Crippen LogP) is 3.31. The van der Waals surface area contributed by atoms with Crippen molar-refractivity contribution >= 4 is 44.4 Å². The lowest BCUT2D eigenvalue weighted by Crippen LogP contribution is -2.55. The summed E-state index contributed by atoms with van der Waals surface area (Å²) in [7, 11) is 0. The SMILES string of the molecule is CC1(C)CN(C(=O)c2ccc(I)cc2)CC(CBr)O1. The van der Waals surface area contributed by atoms with Crippen LogP contribution in [0.15, 0.2) is 24.3 Å². The maximum atomic E-state index is 12.5. The minimum atomic E-state index is -0.296. The lowest BCUT2D eigenvalue weighted by atomic mass is 10.0. The Morgan fingerprint density at radius 2 is 2.11 bits per heavy atom. The van der Waals surface area contributed by atoms with Crippen LogP contribution in [0.2, 0.25) is 0 Å². The second-order valence-electron chi connectivity index (χ2n) is 5.35. The fraction of sp³-hybridized carbons (Fsp3) is 0.500. The molecule has 1 unspecified atom stereocenters. The fourth-order valence-electron chi connectivity index (χ4n) is 2.31. The summed E-state index contributed by atoms with van der Waals surface area (Å²) in [6.07, 6.45) is 0.0524. The Labute approximate surface area is 136 Å². The number of halogens is 2. The van der Waals surface area contributed by atoms with E-state index >= 15 is 0 Å². The first kappa shape index (κ1) is 15.3. The number of carbonyl (C=O) groups excluding carboxylic acids is 1. The van der Waals surface area contributed by atoms with E-state index in [0.717, 1.165) is 14.5 Å². The van der Waals surface area contributed by atoms with Crippen molar-refractivity contribution in [2.75, 3.05) is 18.4 Å². The molecular formula is C14H17BrINO2. The van der Waals surface area contributed by atoms with Gasteiger partial charge in [0.15, 0.2) is 0 Å². The van der Waals surface area contributed by atoms with Crippen LogP contribution in [0.3, 0.4) is 0 Å². The lowest BCUT2D eigenvalue weighted by Gasteiger charge is -2.42. The largest absolute Gasteiger partial charge is 0.368 e. The Hall–Kier alpha value is -0.140. The van der Waals surface area contributed by atoms with Crippen LogP contribution in [-0.4, -0.2) is 40.9 Å². The Kier molecular flexibility index (Phi) is 4.89. The van der Waals surface area contributed by atoms with E-state index in [9.17, 15) is 4.79 Å². The van der Waals surface area contributed by atoms with Crippen LogP contribution in [0.4, 0.5) is 0 Å². The molecule has 1 heterocycles. The highest BCUT2D eigenvalue weighted by Gasteiger charge is 2.35. The number of alkyl halides is 1. The van der Waals surface area contributed by atoms with Crippen molar-refractivity contribution in [1.29, 1.82) is 0 Å². The summed E-state index contributed by atoms with van der Waals surface area (Å²) in [4.78, 5) is 14.4. The van der Waals surface area contributed by atoms with E-state index in [1.807, 2.05) is 43.0 Å². The maximum Gasteiger partial charge on any atom is 0.254 e. The van der Waals surface area contributed by atoms with Crippen LogP contribution >= 0.6 is 38.5 Å². The van der Waals surface area contributed by atoms with Gasteiger partial charge in [0.25, 0.3) is 5.91 Å². The standard InChI is InChI=1S/C14H17BrINO2/c1-14(2)9-17(8-12(7-15)19-14)13(18)10-3-5-11(16)6-4-10/h3-6,12H,7-9H2,1-2H3. The Morgan fingerprint density at radius 3 is 2.68 bits per heavy atom. The fourth-order valence-corrected chi connectivity index (χ4v) is 3.00. The first-order valence-corrected chi connectivity index (χ1v) is 8.40. The molecule has 0 aromatic heterocycles. The van der Waals surface area contributed by atoms with E-state index in [-0.39, 0.29) is 17.6 Å². The van der Waals surface area contributed by atoms with Crippen LogP contribution in [-0.2, 0) is 4.74 Å². The van der Waals surface area contributed by atoms with Crippen molar-refractivity contribution in [3.05, 3.63) is 33.4 Å². The van der Waals surface area contributed by atoms with Gasteiger partial charge in [0.05, 0.1) is 11.7 Å². The summed E-state index contributed by atoms with van der Waals surface area (Å²) in [5.41, 5.74) is 0.446. The number of amides is 1. The number of rotatable bonds is 2. The summed E-state index contributed by atoms with van der Waals surface area (Å²) in [6.45, 7) is 5.31. The molecule has 5 heteroatoms. The molecule has 0 aliphatic carbocycles. The molecule has 2 rings (SSSR count). The second kappa shape index (κ2) is 6.10. The van der Waals surface area contributed by atoms with Crippen molar-refractivity contribution in [2.24, 2.45) is 0 Å². The third kappa shape index (κ3) is 3.92. The van der Waals surface area contributed by atoms with Crippen LogP contribution in [0.25, 0.3) is 0 Å². The quantitative estimate of drug-likeness (QED) is 0.524. The average molecular weight is 438 g/mol. The Bertz CT molecular complexity index is 461. The Morgan fingerprint density at radius 1 is 1.47 bits per heavy atom. The highest BCUT2D eigenvalue weighted by Crippen LogP contribution is 2.23. The monoisotopic (exact) mass is 437 g/mol. The first-order chi connectivity index (χ1) is 8.91. The number of hydrogen-bond acceptors (Lipinski definition) is 2. The Balaban J connectivity index is 2.16. The molecule has 1 amide bonds. The van der Waals surface area contributed by atoms with Gasteiger partial charge in [-0.05, 0) is 60.7 Å². The van der Waals surface area contributed by atoms with Crippen molar-refractivity contribution in [2.45, 2.75) is 25.6 Å². The first-order valence-electron chi connectivity index (χ1n) is 6.20. The van der Waals surface area contributed by atoms with Gasteiger partial charge in [0, 0.05) is 27.6 Å². The van der Waals surface area contributed by atoms with Crippen LogP contribution in [0.5, 0.6) is 0 Å². The molecule has 19 heavy (non-hydrogen) atoms. The van der Waals surface area contributed by atoms with E-state index < -0.39 is 0 Å². The number of ether oxygens (including phenoxy) is 1. The van der Waals surface area contributed by atoms with Gasteiger partial charge in [0.2, 0.25) is 0 Å². The molecule has 1 aromatic rings. The summed E-state index contributed by atoms with van der Waals surface area (Å²) >= 11 is 5.68. The third-order valence-electron chi connectivity index (χ3n) is 3.03. The van der Waals surface area contributed by atoms with Crippen molar-refractivity contribution in [3.8, 4) is 0 Å². The average Bonchev–Trinajstić information content (AvgIpc) is 2.37. The van der Waals surface area contributed by atoms with Crippen LogP contribution in [0.1, 0.15) is 24.2 Å². The van der Waals surface area contributed by atoms with Gasteiger partial charge in [-0.3, -0.25) is 4.79 Å². The molecule has 1 saturated heterocycles. The molecule has 0 radical (unpaired) electrons. The summed E-state index contributed by atoms with van der Waals surface area (Å²) in [5.74, 6) is 0.0822. The number of carbonyl (C=O) groups is 1. The molecule has 104 valence electrons. The molecule has 0 bridgehead atoms. The normalized spacial score (nSPS) is 22.3. The topological polar surface area (TPSA) is 29.5 Å². The minimum Gasteiger partial charge on any atom is -0.368 e. The van der Waals surface area contributed by atoms with Gasteiger partial charge in [-0.2, -0.15) is 0 Å². The summed E-state index contributed by atoms with van der Waals surface area (Å²) in [5, 5.41) is 0.743. The van der Waals surface area contributed by atoms with Gasteiger partial charge < -0.3 is 9.64 Å². The summed E-state index contributed by atoms with van der Waals surface area (Å²) < 4.78 is 7.05. The van der Waals surface area contributed by atoms with Gasteiger partial charge in [0.1, 0.15) is 0 Å². The van der Waals surface area contributed by atoms with Gasteiger partial charge in [-0.15, -0.1) is 0 Å². The zero-order valence-electron chi connectivity index (χ0n) is 11.0. The van der Waals surface area contributed by atoms with Crippen molar-refractivity contribution in [1.82, 2.24) is 4.90 Å². The van der Waals surface area contributed by atoms with E-state index in [0.29, 0.717) is 13.1 Å². The zero-order valence-corrected chi connectivity index (χ0v) is 14.8. The van der Waals surface area contributed by atoms with Crippen molar-refractivity contribution in [3.63, 3.8) is 0 Å². The predicted molar refractivity (Wildman–Crippen MR) is 87.8 cm³/mol.